The first-order valence-electron chi connectivity index (χ1n) is 11.4. The highest BCUT2D eigenvalue weighted by atomic mass is 16.5. The first-order chi connectivity index (χ1) is 15.2. The number of carboxylic acid groups (broad SMARTS) is 1. The van der Waals surface area contributed by atoms with Crippen LogP contribution < -0.4 is 10.5 Å². The highest BCUT2D eigenvalue weighted by molar-refractivity contribution is 6.09. The van der Waals surface area contributed by atoms with Crippen LogP contribution in [0.2, 0.25) is 0 Å². The van der Waals surface area contributed by atoms with E-state index in [1.54, 1.807) is 6.92 Å². The first-order valence-corrected chi connectivity index (χ1v) is 11.4. The van der Waals surface area contributed by atoms with Crippen LogP contribution in [0.25, 0.3) is 0 Å². The summed E-state index contributed by atoms with van der Waals surface area (Å²) < 4.78 is 6.21. The number of nitrogens with two attached hydrogens (primary N) is 1. The smallest absolute Gasteiger partial charge is 0.303 e. The molecule has 1 aromatic heterocycles. The van der Waals surface area contributed by atoms with Crippen LogP contribution in [0.15, 0.2) is 23.2 Å². The number of aryl methyl sites for hydroxylation is 2. The van der Waals surface area contributed by atoms with Crippen molar-refractivity contribution in [2.24, 2.45) is 10.9 Å². The number of aliphatic imine (C=N–C) groups is 1. The summed E-state index contributed by atoms with van der Waals surface area (Å²) in [6, 6.07) is 6.67. The van der Waals surface area contributed by atoms with Crippen LogP contribution in [0.5, 0.6) is 5.88 Å². The highest BCUT2D eigenvalue weighted by Gasteiger charge is 2.42. The van der Waals surface area contributed by atoms with Gasteiger partial charge < -0.3 is 15.6 Å². The van der Waals surface area contributed by atoms with Gasteiger partial charge in [0.25, 0.3) is 0 Å². The number of rotatable bonds is 3. The number of nitrogen functional groups attached to an aromatic ring is 1. The van der Waals surface area contributed by atoms with Crippen molar-refractivity contribution in [1.82, 2.24) is 9.97 Å². The van der Waals surface area contributed by atoms with Gasteiger partial charge in [-0.1, -0.05) is 12.1 Å². The monoisotopic (exact) mass is 434 g/mol. The maximum atomic E-state index is 11.1. The molecule has 1 fully saturated rings. The maximum Gasteiger partial charge on any atom is 0.303 e. The predicted octanol–water partition coefficient (Wildman–Crippen LogP) is 4.51. The van der Waals surface area contributed by atoms with Gasteiger partial charge in [-0.3, -0.25) is 4.79 Å². The molecule has 2 heterocycles. The number of carboxylic acids is 1. The zero-order valence-corrected chi connectivity index (χ0v) is 18.9. The maximum absolute atomic E-state index is 11.1. The normalized spacial score (nSPS) is 25.6. The molecule has 3 N–H and O–H groups in total. The van der Waals surface area contributed by atoms with Gasteiger partial charge in [0.1, 0.15) is 11.4 Å². The van der Waals surface area contributed by atoms with E-state index in [1.807, 2.05) is 13.8 Å². The van der Waals surface area contributed by atoms with E-state index in [0.717, 1.165) is 49.8 Å². The summed E-state index contributed by atoms with van der Waals surface area (Å²) in [5, 5.41) is 9.13. The van der Waals surface area contributed by atoms with Crippen molar-refractivity contribution in [3.05, 3.63) is 40.7 Å². The summed E-state index contributed by atoms with van der Waals surface area (Å²) in [4.78, 5) is 24.6. The molecule has 7 nitrogen and oxygen atoms in total. The van der Waals surface area contributed by atoms with Gasteiger partial charge in [0.2, 0.25) is 5.88 Å². The molecule has 0 saturated heterocycles. The molecule has 0 atom stereocenters. The number of carbonyl (C=O) groups is 1. The SMILES string of the molecule is Cc1nc(N)c2c(n1)OC(C)(C)C(c1ccc3c(c1)CCC31CCC(CC(=O)O)CC1)=N2. The summed E-state index contributed by atoms with van der Waals surface area (Å²) in [6.45, 7) is 5.79. The van der Waals surface area contributed by atoms with Gasteiger partial charge >= 0.3 is 5.97 Å². The molecule has 5 rings (SSSR count). The predicted molar refractivity (Wildman–Crippen MR) is 123 cm³/mol. The Morgan fingerprint density at radius 3 is 2.69 bits per heavy atom. The Hall–Kier alpha value is -2.96. The minimum absolute atomic E-state index is 0.200. The molecule has 1 aliphatic heterocycles. The van der Waals surface area contributed by atoms with Gasteiger partial charge in [-0.25, -0.2) is 9.98 Å². The summed E-state index contributed by atoms with van der Waals surface area (Å²) in [6.07, 6.45) is 6.63. The van der Waals surface area contributed by atoms with Crippen LogP contribution in [0.3, 0.4) is 0 Å². The van der Waals surface area contributed by atoms with Crippen LogP contribution in [-0.2, 0) is 16.6 Å². The van der Waals surface area contributed by atoms with Gasteiger partial charge in [0, 0.05) is 12.0 Å². The Kier molecular flexibility index (Phi) is 4.76. The van der Waals surface area contributed by atoms with Crippen molar-refractivity contribution in [2.75, 3.05) is 5.73 Å². The minimum Gasteiger partial charge on any atom is -0.481 e. The number of anilines is 1. The molecule has 1 spiro atoms. The van der Waals surface area contributed by atoms with Crippen LogP contribution >= 0.6 is 0 Å². The molecule has 168 valence electrons. The average molecular weight is 435 g/mol. The third-order valence-corrected chi connectivity index (χ3v) is 7.49. The number of aliphatic carboxylic acids is 1. The van der Waals surface area contributed by atoms with Crippen LogP contribution in [0, 0.1) is 12.8 Å². The Bertz CT molecular complexity index is 1130. The quantitative estimate of drug-likeness (QED) is 0.735. The molecule has 0 bridgehead atoms. The van der Waals surface area contributed by atoms with E-state index in [-0.39, 0.29) is 5.41 Å². The Balaban J connectivity index is 1.46. The fourth-order valence-electron chi connectivity index (χ4n) is 5.86. The third-order valence-electron chi connectivity index (χ3n) is 7.49. The second kappa shape index (κ2) is 7.29. The zero-order valence-electron chi connectivity index (χ0n) is 18.9. The summed E-state index contributed by atoms with van der Waals surface area (Å²) >= 11 is 0. The van der Waals surface area contributed by atoms with Crippen LogP contribution in [0.4, 0.5) is 11.5 Å². The molecule has 2 aliphatic carbocycles. The Morgan fingerprint density at radius 2 is 1.97 bits per heavy atom. The largest absolute Gasteiger partial charge is 0.481 e. The van der Waals surface area contributed by atoms with Crippen LogP contribution in [0.1, 0.15) is 74.9 Å². The number of hydrogen-bond acceptors (Lipinski definition) is 6. The van der Waals surface area contributed by atoms with Gasteiger partial charge in [0.05, 0.1) is 5.71 Å². The lowest BCUT2D eigenvalue weighted by Crippen LogP contribution is -2.41. The van der Waals surface area contributed by atoms with Gasteiger partial charge in [0.15, 0.2) is 11.5 Å². The molecule has 3 aliphatic rings. The molecule has 32 heavy (non-hydrogen) atoms. The lowest BCUT2D eigenvalue weighted by molar-refractivity contribution is -0.138. The second-order valence-electron chi connectivity index (χ2n) is 10.1. The second-order valence-corrected chi connectivity index (χ2v) is 10.1. The fraction of sp³-hybridized carbons (Fsp3) is 0.520. The molecule has 0 amide bonds. The topological polar surface area (TPSA) is 111 Å². The van der Waals surface area contributed by atoms with Crippen LogP contribution in [-0.4, -0.2) is 32.4 Å². The van der Waals surface area contributed by atoms with Crippen molar-refractivity contribution >= 4 is 23.2 Å². The van der Waals surface area contributed by atoms with E-state index in [4.69, 9.17) is 20.6 Å². The Morgan fingerprint density at radius 1 is 1.22 bits per heavy atom. The molecular formula is C25H30N4O3. The van der Waals surface area contributed by atoms with Crippen molar-refractivity contribution < 1.29 is 14.6 Å². The molecule has 7 heteroatoms. The van der Waals surface area contributed by atoms with Gasteiger partial charge in [-0.05, 0) is 87.8 Å². The molecular weight excluding hydrogens is 404 g/mol. The third kappa shape index (κ3) is 3.44. The standard InChI is InChI=1S/C25H30N4O3/c1-14-27-22(26)20-23(28-14)32-24(2,3)21(29-20)17-4-5-18-16(13-17)8-11-25(18)9-6-15(7-10-25)12-19(30)31/h4-5,13,15H,6-12H2,1-3H3,(H,30,31)(H2,26,27,28). The number of aromatic nitrogens is 2. The van der Waals surface area contributed by atoms with E-state index in [0.29, 0.717) is 35.5 Å². The first kappa shape index (κ1) is 20.9. The zero-order chi connectivity index (χ0) is 22.7. The number of ether oxygens (including phenoxy) is 1. The summed E-state index contributed by atoms with van der Waals surface area (Å²) in [7, 11) is 0. The highest BCUT2D eigenvalue weighted by Crippen LogP contribution is 2.51. The van der Waals surface area contributed by atoms with E-state index >= 15 is 0 Å². The molecule has 0 radical (unpaired) electrons. The fourth-order valence-corrected chi connectivity index (χ4v) is 5.86. The lowest BCUT2D eigenvalue weighted by atomic mass is 9.66. The number of hydrogen-bond donors (Lipinski definition) is 2. The van der Waals surface area contributed by atoms with Crippen molar-refractivity contribution in [3.8, 4) is 5.88 Å². The van der Waals surface area contributed by atoms with Crippen molar-refractivity contribution in [3.63, 3.8) is 0 Å². The summed E-state index contributed by atoms with van der Waals surface area (Å²) in [5.74, 6) is 0.966. The molecule has 1 aromatic carbocycles. The van der Waals surface area contributed by atoms with Gasteiger partial charge in [-0.2, -0.15) is 4.98 Å². The van der Waals surface area contributed by atoms with Gasteiger partial charge in [-0.15, -0.1) is 0 Å². The van der Waals surface area contributed by atoms with E-state index in [2.05, 4.69) is 28.2 Å². The average Bonchev–Trinajstić information content (AvgIpc) is 3.06. The number of benzene rings is 1. The van der Waals surface area contributed by atoms with E-state index in [9.17, 15) is 4.79 Å². The molecule has 1 saturated carbocycles. The molecule has 0 unspecified atom stereocenters. The lowest BCUT2D eigenvalue weighted by Gasteiger charge is -2.38. The number of nitrogens with zero attached hydrogens (tertiary/aromatic N) is 3. The molecule has 2 aromatic rings. The van der Waals surface area contributed by atoms with Crippen molar-refractivity contribution in [1.29, 1.82) is 0 Å². The van der Waals surface area contributed by atoms with E-state index in [1.165, 1.54) is 11.1 Å². The number of fused-ring (bicyclic) bond motifs is 3. The summed E-state index contributed by atoms with van der Waals surface area (Å²) in [5.41, 5.74) is 10.9. The minimum atomic E-state index is -0.678. The van der Waals surface area contributed by atoms with Crippen molar-refractivity contribution in [2.45, 2.75) is 76.7 Å². The van der Waals surface area contributed by atoms with E-state index < -0.39 is 11.6 Å². The Labute approximate surface area is 188 Å².